The van der Waals surface area contributed by atoms with Gasteiger partial charge in [-0.3, -0.25) is 4.98 Å². The molecule has 0 saturated carbocycles. The molecule has 1 aromatic carbocycles. The summed E-state index contributed by atoms with van der Waals surface area (Å²) in [7, 11) is 0. The number of aromatic nitrogens is 2. The SMILES string of the molecule is CCCCCCCCCCC(Cc1ccccc1)C(CCCCCCCCC)[n+]1cc[nH]c1. The summed E-state index contributed by atoms with van der Waals surface area (Å²) in [5.74, 6) is 0.716. The molecule has 0 fully saturated rings. The molecule has 1 N–H and O–H groups in total. The average molecular weight is 454 g/mol. The van der Waals surface area contributed by atoms with Crippen molar-refractivity contribution in [3.8, 4) is 0 Å². The van der Waals surface area contributed by atoms with E-state index in [4.69, 9.17) is 0 Å². The summed E-state index contributed by atoms with van der Waals surface area (Å²) in [6.07, 6.45) is 31.4. The van der Waals surface area contributed by atoms with Crippen LogP contribution in [0.5, 0.6) is 0 Å². The summed E-state index contributed by atoms with van der Waals surface area (Å²) in [4.78, 5) is 3.32. The molecule has 0 radical (unpaired) electrons. The molecule has 0 aliphatic heterocycles. The van der Waals surface area contributed by atoms with Crippen molar-refractivity contribution < 1.29 is 4.57 Å². The van der Waals surface area contributed by atoms with Gasteiger partial charge < -0.3 is 0 Å². The van der Waals surface area contributed by atoms with Gasteiger partial charge >= 0.3 is 0 Å². The summed E-state index contributed by atoms with van der Waals surface area (Å²) in [5, 5.41) is 0. The van der Waals surface area contributed by atoms with Gasteiger partial charge in [0.1, 0.15) is 18.4 Å². The summed E-state index contributed by atoms with van der Waals surface area (Å²) < 4.78 is 2.48. The first-order valence-electron chi connectivity index (χ1n) is 14.4. The molecule has 0 aliphatic rings. The fraction of sp³-hybridized carbons (Fsp3) is 0.710. The van der Waals surface area contributed by atoms with Crippen LogP contribution in [0.4, 0.5) is 0 Å². The highest BCUT2D eigenvalue weighted by Gasteiger charge is 2.26. The Hall–Kier alpha value is -1.57. The maximum absolute atomic E-state index is 3.32. The highest BCUT2D eigenvalue weighted by atomic mass is 15.1. The van der Waals surface area contributed by atoms with Crippen LogP contribution < -0.4 is 4.57 Å². The van der Waals surface area contributed by atoms with Crippen molar-refractivity contribution in [1.29, 1.82) is 0 Å². The van der Waals surface area contributed by atoms with Crippen LogP contribution in [-0.4, -0.2) is 4.98 Å². The molecule has 0 amide bonds. The van der Waals surface area contributed by atoms with Crippen LogP contribution in [0, 0.1) is 5.92 Å². The first-order chi connectivity index (χ1) is 16.3. The van der Waals surface area contributed by atoms with Gasteiger partial charge in [0.2, 0.25) is 6.33 Å². The molecule has 2 nitrogen and oxygen atoms in total. The normalized spacial score (nSPS) is 13.3. The van der Waals surface area contributed by atoms with E-state index in [1.54, 1.807) is 0 Å². The maximum atomic E-state index is 3.32. The molecule has 2 unspecified atom stereocenters. The Kier molecular flexibility index (Phi) is 15.8. The van der Waals surface area contributed by atoms with Gasteiger partial charge in [-0.15, -0.1) is 0 Å². The molecular formula is C31H53N2+. The molecule has 2 atom stereocenters. The van der Waals surface area contributed by atoms with E-state index in [2.05, 4.69) is 72.5 Å². The van der Waals surface area contributed by atoms with Crippen molar-refractivity contribution >= 4 is 0 Å². The summed E-state index contributed by atoms with van der Waals surface area (Å²) in [6, 6.07) is 11.8. The second kappa shape index (κ2) is 18.8. The number of nitrogens with one attached hydrogen (secondary N) is 1. The number of aromatic amines is 1. The van der Waals surface area contributed by atoms with E-state index in [0.717, 1.165) is 0 Å². The predicted octanol–water partition coefficient (Wildman–Crippen LogP) is 9.37. The fourth-order valence-electron chi connectivity index (χ4n) is 5.33. The van der Waals surface area contributed by atoms with Crippen LogP contribution in [0.3, 0.4) is 0 Å². The van der Waals surface area contributed by atoms with Crippen molar-refractivity contribution in [1.82, 2.24) is 4.98 Å². The van der Waals surface area contributed by atoms with E-state index in [9.17, 15) is 0 Å². The van der Waals surface area contributed by atoms with Gasteiger partial charge in [-0.1, -0.05) is 134 Å². The van der Waals surface area contributed by atoms with E-state index < -0.39 is 0 Å². The summed E-state index contributed by atoms with van der Waals surface area (Å²) in [5.41, 5.74) is 1.50. The molecule has 0 aliphatic carbocycles. The first-order valence-corrected chi connectivity index (χ1v) is 14.4. The molecule has 0 saturated heterocycles. The third-order valence-corrected chi connectivity index (χ3v) is 7.37. The van der Waals surface area contributed by atoms with E-state index in [1.165, 1.54) is 121 Å². The zero-order valence-electron chi connectivity index (χ0n) is 21.9. The Morgan fingerprint density at radius 1 is 0.667 bits per heavy atom. The van der Waals surface area contributed by atoms with E-state index in [1.807, 2.05) is 0 Å². The molecule has 0 spiro atoms. The van der Waals surface area contributed by atoms with Gasteiger partial charge in [-0.25, -0.2) is 4.57 Å². The van der Waals surface area contributed by atoms with Crippen molar-refractivity contribution in [2.75, 3.05) is 0 Å². The second-order valence-electron chi connectivity index (χ2n) is 10.2. The number of hydrogen-bond acceptors (Lipinski definition) is 0. The molecule has 2 aromatic rings. The molecular weight excluding hydrogens is 400 g/mol. The summed E-state index contributed by atoms with van der Waals surface area (Å²) >= 11 is 0. The van der Waals surface area contributed by atoms with Crippen LogP contribution in [0.15, 0.2) is 49.1 Å². The van der Waals surface area contributed by atoms with Crippen LogP contribution in [0.2, 0.25) is 0 Å². The second-order valence-corrected chi connectivity index (χ2v) is 10.2. The van der Waals surface area contributed by atoms with Crippen molar-refractivity contribution in [2.24, 2.45) is 5.92 Å². The minimum Gasteiger partial charge on any atom is -0.250 e. The quantitative estimate of drug-likeness (QED) is 0.143. The topological polar surface area (TPSA) is 19.7 Å². The Morgan fingerprint density at radius 3 is 1.76 bits per heavy atom. The van der Waals surface area contributed by atoms with Crippen LogP contribution >= 0.6 is 0 Å². The van der Waals surface area contributed by atoms with E-state index in [0.29, 0.717) is 12.0 Å². The third kappa shape index (κ3) is 12.5. The Balaban J connectivity index is 1.89. The number of hydrogen-bond donors (Lipinski definition) is 1. The third-order valence-electron chi connectivity index (χ3n) is 7.37. The van der Waals surface area contributed by atoms with Gasteiger partial charge in [-0.05, 0) is 31.2 Å². The number of rotatable bonds is 21. The van der Waals surface area contributed by atoms with Crippen LogP contribution in [-0.2, 0) is 6.42 Å². The minimum atomic E-state index is 0.608. The Bertz CT molecular complexity index is 649. The van der Waals surface area contributed by atoms with Crippen molar-refractivity contribution in [3.63, 3.8) is 0 Å². The highest BCUT2D eigenvalue weighted by molar-refractivity contribution is 5.15. The van der Waals surface area contributed by atoms with Crippen LogP contribution in [0.1, 0.15) is 135 Å². The highest BCUT2D eigenvalue weighted by Crippen LogP contribution is 2.29. The predicted molar refractivity (Wildman–Crippen MR) is 143 cm³/mol. The van der Waals surface area contributed by atoms with Gasteiger partial charge in [0.15, 0.2) is 0 Å². The number of imidazole rings is 1. The molecule has 33 heavy (non-hydrogen) atoms. The zero-order valence-corrected chi connectivity index (χ0v) is 21.9. The minimum absolute atomic E-state index is 0.608. The Morgan fingerprint density at radius 2 is 1.21 bits per heavy atom. The number of benzene rings is 1. The molecule has 1 aromatic heterocycles. The maximum Gasteiger partial charge on any atom is 0.241 e. The molecule has 2 rings (SSSR count). The number of H-pyrrole nitrogens is 1. The number of nitrogens with zero attached hydrogens (tertiary/aromatic N) is 1. The molecule has 1 heterocycles. The van der Waals surface area contributed by atoms with Crippen LogP contribution in [0.25, 0.3) is 0 Å². The molecule has 186 valence electrons. The summed E-state index contributed by atoms with van der Waals surface area (Å²) in [6.45, 7) is 4.61. The lowest BCUT2D eigenvalue weighted by Gasteiger charge is -2.25. The van der Waals surface area contributed by atoms with E-state index in [-0.39, 0.29) is 0 Å². The molecule has 2 heteroatoms. The van der Waals surface area contributed by atoms with Crippen molar-refractivity contribution in [3.05, 3.63) is 54.6 Å². The van der Waals surface area contributed by atoms with Gasteiger partial charge in [0.05, 0.1) is 0 Å². The Labute approximate surface area is 205 Å². The molecule has 0 bridgehead atoms. The number of unbranched alkanes of at least 4 members (excludes halogenated alkanes) is 13. The van der Waals surface area contributed by atoms with Gasteiger partial charge in [-0.2, -0.15) is 0 Å². The van der Waals surface area contributed by atoms with Gasteiger partial charge in [0, 0.05) is 5.92 Å². The van der Waals surface area contributed by atoms with Gasteiger partial charge in [0.25, 0.3) is 0 Å². The van der Waals surface area contributed by atoms with E-state index >= 15 is 0 Å². The smallest absolute Gasteiger partial charge is 0.241 e. The monoisotopic (exact) mass is 453 g/mol. The van der Waals surface area contributed by atoms with Crippen molar-refractivity contribution in [2.45, 2.75) is 135 Å². The average Bonchev–Trinajstić information content (AvgIpc) is 3.37. The lowest BCUT2D eigenvalue weighted by Crippen LogP contribution is -2.42. The lowest BCUT2D eigenvalue weighted by molar-refractivity contribution is -0.730. The zero-order chi connectivity index (χ0) is 23.4. The first kappa shape index (κ1) is 27.7. The lowest BCUT2D eigenvalue weighted by atomic mass is 9.84. The largest absolute Gasteiger partial charge is 0.250 e. The fourth-order valence-corrected chi connectivity index (χ4v) is 5.33. The standard InChI is InChI=1S/C31H52N2/c1-3-5-7-9-11-13-14-19-23-30(27-29-21-17-16-18-22-29)31(33-26-25-32-28-33)24-20-15-12-10-8-6-4-2/h16-18,21-22,25-26,28,30-31H,3-15,19-20,23-24,27H2,1-2H3/p+1.